The van der Waals surface area contributed by atoms with Crippen molar-refractivity contribution in [1.82, 2.24) is 0 Å². The Morgan fingerprint density at radius 2 is 1.42 bits per heavy atom. The molecule has 0 aromatic rings. The smallest absolute Gasteiger partial charge is 0.0602 e. The van der Waals surface area contributed by atoms with E-state index in [2.05, 4.69) is 6.92 Å². The van der Waals surface area contributed by atoms with E-state index in [1.165, 1.54) is 57.8 Å². The van der Waals surface area contributed by atoms with E-state index in [1.54, 1.807) is 0 Å². The third-order valence-corrected chi connectivity index (χ3v) is 7.61. The fourth-order valence-corrected chi connectivity index (χ4v) is 6.83. The summed E-state index contributed by atoms with van der Waals surface area (Å²) >= 11 is 0. The number of hydrogen-bond donors (Lipinski definition) is 1. The summed E-state index contributed by atoms with van der Waals surface area (Å²) in [7, 11) is 0. The number of aliphatic hydroxyl groups is 1. The molecule has 108 valence electrons. The summed E-state index contributed by atoms with van der Waals surface area (Å²) < 4.78 is 0. The normalized spacial score (nSPS) is 57.2. The molecule has 0 spiro atoms. The number of fused-ring (bicyclic) bond motifs is 5. The average Bonchev–Trinajstić information content (AvgIpc) is 2.92. The number of rotatable bonds is 0. The van der Waals surface area contributed by atoms with E-state index in [1.807, 2.05) is 0 Å². The van der Waals surface area contributed by atoms with Crippen molar-refractivity contribution in [3.63, 3.8) is 0 Å². The van der Waals surface area contributed by atoms with Crippen LogP contribution in [0.2, 0.25) is 0 Å². The molecule has 4 aliphatic rings. The lowest BCUT2D eigenvalue weighted by Crippen LogP contribution is -2.54. The van der Waals surface area contributed by atoms with E-state index in [0.717, 1.165) is 29.6 Å². The maximum absolute atomic E-state index is 11.0. The Labute approximate surface area is 118 Å². The Bertz CT molecular complexity index is 339. The Morgan fingerprint density at radius 1 is 0.684 bits per heavy atom. The van der Waals surface area contributed by atoms with Crippen LogP contribution in [0.5, 0.6) is 0 Å². The molecule has 4 aliphatic carbocycles. The minimum Gasteiger partial charge on any atom is -0.393 e. The van der Waals surface area contributed by atoms with Gasteiger partial charge in [0.1, 0.15) is 0 Å². The van der Waals surface area contributed by atoms with Crippen LogP contribution in [0.25, 0.3) is 0 Å². The molecule has 4 saturated carbocycles. The van der Waals surface area contributed by atoms with E-state index in [0.29, 0.717) is 11.8 Å². The highest BCUT2D eigenvalue weighted by Crippen LogP contribution is 2.59. The molecule has 0 saturated heterocycles. The van der Waals surface area contributed by atoms with Crippen LogP contribution < -0.4 is 0 Å². The van der Waals surface area contributed by atoms with Gasteiger partial charge in [0.2, 0.25) is 0 Å². The Hall–Kier alpha value is -0.0400. The summed E-state index contributed by atoms with van der Waals surface area (Å²) in [6, 6.07) is 0. The molecule has 0 aromatic heterocycles. The molecule has 0 aliphatic heterocycles. The molecular formula is C18H30O. The fourth-order valence-electron chi connectivity index (χ4n) is 6.83. The molecule has 0 heterocycles. The van der Waals surface area contributed by atoms with Crippen LogP contribution >= 0.6 is 0 Å². The average molecular weight is 262 g/mol. The van der Waals surface area contributed by atoms with Crippen LogP contribution in [0.1, 0.15) is 64.7 Å². The van der Waals surface area contributed by atoms with Gasteiger partial charge >= 0.3 is 0 Å². The second-order valence-electron chi connectivity index (χ2n) is 8.14. The predicted octanol–water partition coefficient (Wildman–Crippen LogP) is 4.25. The second kappa shape index (κ2) is 4.76. The monoisotopic (exact) mass is 262 g/mol. The largest absolute Gasteiger partial charge is 0.393 e. The first-order chi connectivity index (χ1) is 9.27. The molecule has 8 atom stereocenters. The van der Waals surface area contributed by atoms with Crippen molar-refractivity contribution in [2.24, 2.45) is 41.4 Å². The SMILES string of the molecule is CC1C(O)C2C3CCCC3CCC2C2CCCCC12. The van der Waals surface area contributed by atoms with Gasteiger partial charge in [0.25, 0.3) is 0 Å². The molecule has 0 bridgehead atoms. The molecule has 4 fully saturated rings. The topological polar surface area (TPSA) is 20.2 Å². The summed E-state index contributed by atoms with van der Waals surface area (Å²) in [5, 5.41) is 11.0. The van der Waals surface area contributed by atoms with Crippen molar-refractivity contribution in [2.75, 3.05) is 0 Å². The Kier molecular flexibility index (Phi) is 3.17. The quantitative estimate of drug-likeness (QED) is 0.692. The summed E-state index contributed by atoms with van der Waals surface area (Å²) in [5.41, 5.74) is 0. The summed E-state index contributed by atoms with van der Waals surface area (Å²) in [5.74, 6) is 5.82. The first-order valence-corrected chi connectivity index (χ1v) is 8.95. The van der Waals surface area contributed by atoms with Gasteiger partial charge in [-0.25, -0.2) is 0 Å². The van der Waals surface area contributed by atoms with Gasteiger partial charge in [-0.3, -0.25) is 0 Å². The zero-order valence-electron chi connectivity index (χ0n) is 12.4. The van der Waals surface area contributed by atoms with Gasteiger partial charge in [0, 0.05) is 0 Å². The van der Waals surface area contributed by atoms with Crippen molar-refractivity contribution in [3.8, 4) is 0 Å². The van der Waals surface area contributed by atoms with E-state index in [4.69, 9.17) is 0 Å². The molecule has 1 N–H and O–H groups in total. The van der Waals surface area contributed by atoms with Crippen molar-refractivity contribution in [2.45, 2.75) is 70.8 Å². The minimum absolute atomic E-state index is 0.0234. The predicted molar refractivity (Wildman–Crippen MR) is 77.7 cm³/mol. The van der Waals surface area contributed by atoms with Crippen molar-refractivity contribution in [3.05, 3.63) is 0 Å². The third kappa shape index (κ3) is 1.83. The maximum atomic E-state index is 11.0. The number of hydrogen-bond acceptors (Lipinski definition) is 1. The zero-order valence-corrected chi connectivity index (χ0v) is 12.4. The van der Waals surface area contributed by atoms with Gasteiger partial charge in [-0.1, -0.05) is 32.6 Å². The number of aliphatic hydroxyl groups excluding tert-OH is 1. The lowest BCUT2D eigenvalue weighted by molar-refractivity contribution is -0.131. The lowest BCUT2D eigenvalue weighted by Gasteiger charge is -2.56. The van der Waals surface area contributed by atoms with Crippen LogP contribution in [0.3, 0.4) is 0 Å². The van der Waals surface area contributed by atoms with Gasteiger partial charge in [0.05, 0.1) is 6.10 Å². The molecule has 1 nitrogen and oxygen atoms in total. The van der Waals surface area contributed by atoms with E-state index in [9.17, 15) is 5.11 Å². The van der Waals surface area contributed by atoms with E-state index < -0.39 is 0 Å². The van der Waals surface area contributed by atoms with Gasteiger partial charge in [-0.15, -0.1) is 0 Å². The summed E-state index contributed by atoms with van der Waals surface area (Å²) in [4.78, 5) is 0. The highest BCUT2D eigenvalue weighted by Gasteiger charge is 2.54. The molecule has 1 heteroatoms. The Morgan fingerprint density at radius 3 is 2.26 bits per heavy atom. The van der Waals surface area contributed by atoms with Crippen molar-refractivity contribution >= 4 is 0 Å². The highest BCUT2D eigenvalue weighted by molar-refractivity contribution is 5.03. The van der Waals surface area contributed by atoms with Gasteiger partial charge in [-0.2, -0.15) is 0 Å². The maximum Gasteiger partial charge on any atom is 0.0602 e. The molecule has 4 rings (SSSR count). The van der Waals surface area contributed by atoms with Crippen LogP contribution in [-0.2, 0) is 0 Å². The first-order valence-electron chi connectivity index (χ1n) is 8.95. The van der Waals surface area contributed by atoms with Crippen molar-refractivity contribution in [1.29, 1.82) is 0 Å². The highest BCUT2D eigenvalue weighted by atomic mass is 16.3. The summed E-state index contributed by atoms with van der Waals surface area (Å²) in [6.07, 6.45) is 13.0. The zero-order chi connectivity index (χ0) is 13.0. The molecule has 0 radical (unpaired) electrons. The molecule has 0 aromatic carbocycles. The molecule has 19 heavy (non-hydrogen) atoms. The van der Waals surface area contributed by atoms with Crippen LogP contribution in [-0.4, -0.2) is 11.2 Å². The summed E-state index contributed by atoms with van der Waals surface area (Å²) in [6.45, 7) is 2.36. The molecule has 8 unspecified atom stereocenters. The van der Waals surface area contributed by atoms with Crippen LogP contribution in [0.4, 0.5) is 0 Å². The lowest BCUT2D eigenvalue weighted by atomic mass is 9.50. The first kappa shape index (κ1) is 12.7. The Balaban J connectivity index is 1.65. The standard InChI is InChI=1S/C18H30O/c1-11-13-6-2-3-7-15(13)16-10-9-12-5-4-8-14(12)17(16)18(11)19/h11-19H,2-10H2,1H3. The van der Waals surface area contributed by atoms with Gasteiger partial charge in [0.15, 0.2) is 0 Å². The van der Waals surface area contributed by atoms with E-state index in [-0.39, 0.29) is 6.10 Å². The van der Waals surface area contributed by atoms with Crippen LogP contribution in [0.15, 0.2) is 0 Å². The fraction of sp³-hybridized carbons (Fsp3) is 1.00. The third-order valence-electron chi connectivity index (χ3n) is 7.61. The van der Waals surface area contributed by atoms with Crippen molar-refractivity contribution < 1.29 is 5.11 Å². The molecule has 0 amide bonds. The van der Waals surface area contributed by atoms with Gasteiger partial charge < -0.3 is 5.11 Å². The minimum atomic E-state index is 0.0234. The van der Waals surface area contributed by atoms with Crippen LogP contribution in [0, 0.1) is 41.4 Å². The van der Waals surface area contributed by atoms with E-state index >= 15 is 0 Å². The van der Waals surface area contributed by atoms with Gasteiger partial charge in [-0.05, 0) is 73.5 Å². The molecular weight excluding hydrogens is 232 g/mol. The second-order valence-corrected chi connectivity index (χ2v) is 8.14.